The second-order valence-corrected chi connectivity index (χ2v) is 5.56. The van der Waals surface area contributed by atoms with Crippen LogP contribution in [0, 0.1) is 0 Å². The number of ether oxygens (including phenoxy) is 2. The van der Waals surface area contributed by atoms with E-state index in [1.54, 1.807) is 43.3 Å². The van der Waals surface area contributed by atoms with Gasteiger partial charge in [0.15, 0.2) is 17.3 Å². The van der Waals surface area contributed by atoms with Crippen LogP contribution in [0.15, 0.2) is 42.5 Å². The topological polar surface area (TPSA) is 76.7 Å². The van der Waals surface area contributed by atoms with Crippen LogP contribution in [-0.4, -0.2) is 24.5 Å². The fourth-order valence-electron chi connectivity index (χ4n) is 2.34. The molecule has 124 valence electrons. The molecule has 2 aromatic carbocycles. The first-order chi connectivity index (χ1) is 11.5. The molecule has 1 heterocycles. The summed E-state index contributed by atoms with van der Waals surface area (Å²) in [6, 6.07) is 11.8. The summed E-state index contributed by atoms with van der Waals surface area (Å²) in [5.41, 5.74) is 2.03. The van der Waals surface area contributed by atoms with E-state index in [0.717, 1.165) is 5.69 Å². The molecule has 0 saturated heterocycles. The van der Waals surface area contributed by atoms with Crippen LogP contribution in [0.5, 0.6) is 11.5 Å². The number of fused-ring (bicyclic) bond motifs is 1. The smallest absolute Gasteiger partial charge is 0.246 e. The van der Waals surface area contributed by atoms with Crippen LogP contribution < -0.4 is 20.1 Å². The molecule has 0 aromatic heterocycles. The van der Waals surface area contributed by atoms with Gasteiger partial charge in [0, 0.05) is 23.0 Å². The molecule has 0 saturated carbocycles. The molecular weight excluding hydrogens is 308 g/mol. The van der Waals surface area contributed by atoms with Crippen molar-refractivity contribution in [3.05, 3.63) is 48.0 Å². The third kappa shape index (κ3) is 3.48. The maximum atomic E-state index is 12.3. The minimum Gasteiger partial charge on any atom is -0.454 e. The lowest BCUT2D eigenvalue weighted by atomic mass is 10.1. The standard InChI is InChI=1S/C18H18N2O4/c1-11(19-15-7-8-16-17(9-15)24-10-23-16)18(22)20-14-5-3-13(4-6-14)12(2)21/h3-9,11,19H,10H2,1-2H3,(H,20,22). The lowest BCUT2D eigenvalue weighted by Crippen LogP contribution is -2.31. The number of carbonyl (C=O) groups excluding carboxylic acids is 2. The fourth-order valence-corrected chi connectivity index (χ4v) is 2.34. The number of nitrogens with one attached hydrogen (secondary N) is 2. The van der Waals surface area contributed by atoms with Gasteiger partial charge in [0.1, 0.15) is 6.04 Å². The lowest BCUT2D eigenvalue weighted by Gasteiger charge is -2.15. The molecule has 1 aliphatic rings. The average molecular weight is 326 g/mol. The molecule has 0 aliphatic carbocycles. The first-order valence-corrected chi connectivity index (χ1v) is 7.61. The largest absolute Gasteiger partial charge is 0.454 e. The summed E-state index contributed by atoms with van der Waals surface area (Å²) < 4.78 is 10.6. The van der Waals surface area contributed by atoms with Crippen molar-refractivity contribution >= 4 is 23.1 Å². The van der Waals surface area contributed by atoms with Gasteiger partial charge < -0.3 is 20.1 Å². The number of Topliss-reactive ketones (excluding diaryl/α,β-unsaturated/α-hetero) is 1. The molecule has 6 nitrogen and oxygen atoms in total. The number of hydrogen-bond donors (Lipinski definition) is 2. The summed E-state index contributed by atoms with van der Waals surface area (Å²) in [4.78, 5) is 23.5. The molecule has 3 rings (SSSR count). The molecule has 2 aromatic rings. The van der Waals surface area contributed by atoms with Crippen molar-refractivity contribution in [3.63, 3.8) is 0 Å². The van der Waals surface area contributed by atoms with Crippen LogP contribution in [-0.2, 0) is 4.79 Å². The predicted octanol–water partition coefficient (Wildman–Crippen LogP) is 3.06. The number of benzene rings is 2. The quantitative estimate of drug-likeness (QED) is 0.826. The molecule has 0 bridgehead atoms. The number of ketones is 1. The van der Waals surface area contributed by atoms with Crippen molar-refractivity contribution in [1.29, 1.82) is 0 Å². The molecule has 1 aliphatic heterocycles. The first kappa shape index (κ1) is 15.9. The highest BCUT2D eigenvalue weighted by Gasteiger charge is 2.16. The van der Waals surface area contributed by atoms with E-state index < -0.39 is 6.04 Å². The highest BCUT2D eigenvalue weighted by Crippen LogP contribution is 2.34. The lowest BCUT2D eigenvalue weighted by molar-refractivity contribution is -0.116. The summed E-state index contributed by atoms with van der Waals surface area (Å²) in [5.74, 6) is 1.17. The van der Waals surface area contributed by atoms with Crippen molar-refractivity contribution in [3.8, 4) is 11.5 Å². The molecule has 1 unspecified atom stereocenters. The summed E-state index contributed by atoms with van der Waals surface area (Å²) in [6.07, 6.45) is 0. The van der Waals surface area contributed by atoms with Crippen molar-refractivity contribution in [2.75, 3.05) is 17.4 Å². The van der Waals surface area contributed by atoms with Crippen LogP contribution in [0.25, 0.3) is 0 Å². The monoisotopic (exact) mass is 326 g/mol. The Morgan fingerprint density at radius 2 is 1.67 bits per heavy atom. The van der Waals surface area contributed by atoms with Gasteiger partial charge in [0.05, 0.1) is 0 Å². The Bertz CT molecular complexity index is 771. The van der Waals surface area contributed by atoms with E-state index in [4.69, 9.17) is 9.47 Å². The van der Waals surface area contributed by atoms with E-state index in [-0.39, 0.29) is 18.5 Å². The Kier molecular flexibility index (Phi) is 4.37. The summed E-state index contributed by atoms with van der Waals surface area (Å²) >= 11 is 0. The molecule has 1 atom stereocenters. The van der Waals surface area contributed by atoms with E-state index in [9.17, 15) is 9.59 Å². The molecular formula is C18H18N2O4. The molecule has 0 spiro atoms. The van der Waals surface area contributed by atoms with Crippen LogP contribution in [0.3, 0.4) is 0 Å². The average Bonchev–Trinajstić information content (AvgIpc) is 3.03. The minimum atomic E-state index is -0.446. The summed E-state index contributed by atoms with van der Waals surface area (Å²) in [7, 11) is 0. The molecule has 2 N–H and O–H groups in total. The number of carbonyl (C=O) groups is 2. The molecule has 0 fully saturated rings. The molecule has 24 heavy (non-hydrogen) atoms. The Balaban J connectivity index is 1.61. The first-order valence-electron chi connectivity index (χ1n) is 7.61. The van der Waals surface area contributed by atoms with Gasteiger partial charge in [-0.2, -0.15) is 0 Å². The van der Waals surface area contributed by atoms with Crippen molar-refractivity contribution in [1.82, 2.24) is 0 Å². The van der Waals surface area contributed by atoms with Gasteiger partial charge in [-0.05, 0) is 50.2 Å². The van der Waals surface area contributed by atoms with E-state index in [0.29, 0.717) is 22.7 Å². The summed E-state index contributed by atoms with van der Waals surface area (Å²) in [6.45, 7) is 3.49. The zero-order chi connectivity index (χ0) is 17.1. The molecule has 6 heteroatoms. The van der Waals surface area contributed by atoms with Gasteiger partial charge in [-0.25, -0.2) is 0 Å². The molecule has 1 amide bonds. The third-order valence-electron chi connectivity index (χ3n) is 3.71. The van der Waals surface area contributed by atoms with E-state index >= 15 is 0 Å². The van der Waals surface area contributed by atoms with Crippen molar-refractivity contribution in [2.24, 2.45) is 0 Å². The number of rotatable bonds is 5. The Morgan fingerprint density at radius 3 is 2.38 bits per heavy atom. The third-order valence-corrected chi connectivity index (χ3v) is 3.71. The Hall–Kier alpha value is -3.02. The van der Waals surface area contributed by atoms with Crippen LogP contribution >= 0.6 is 0 Å². The van der Waals surface area contributed by atoms with Crippen LogP contribution in [0.2, 0.25) is 0 Å². The number of hydrogen-bond acceptors (Lipinski definition) is 5. The van der Waals surface area contributed by atoms with Gasteiger partial charge in [-0.1, -0.05) is 0 Å². The molecule has 0 radical (unpaired) electrons. The van der Waals surface area contributed by atoms with E-state index in [2.05, 4.69) is 10.6 Å². The Morgan fingerprint density at radius 1 is 1.00 bits per heavy atom. The minimum absolute atomic E-state index is 0.00859. The zero-order valence-electron chi connectivity index (χ0n) is 13.5. The number of anilines is 2. The maximum absolute atomic E-state index is 12.3. The highest BCUT2D eigenvalue weighted by molar-refractivity contribution is 5.98. The van der Waals surface area contributed by atoms with Crippen LogP contribution in [0.4, 0.5) is 11.4 Å². The van der Waals surface area contributed by atoms with Crippen molar-refractivity contribution in [2.45, 2.75) is 19.9 Å². The fraction of sp³-hybridized carbons (Fsp3) is 0.222. The Labute approximate surface area is 139 Å². The number of amides is 1. The van der Waals surface area contributed by atoms with Gasteiger partial charge in [0.2, 0.25) is 12.7 Å². The summed E-state index contributed by atoms with van der Waals surface area (Å²) in [5, 5.41) is 5.93. The normalized spacial score (nSPS) is 13.2. The SMILES string of the molecule is CC(=O)c1ccc(NC(=O)C(C)Nc2ccc3c(c2)OCO3)cc1. The van der Waals surface area contributed by atoms with Gasteiger partial charge >= 0.3 is 0 Å². The predicted molar refractivity (Wildman–Crippen MR) is 90.7 cm³/mol. The van der Waals surface area contributed by atoms with Crippen molar-refractivity contribution < 1.29 is 19.1 Å². The van der Waals surface area contributed by atoms with E-state index in [1.165, 1.54) is 6.92 Å². The maximum Gasteiger partial charge on any atom is 0.246 e. The van der Waals surface area contributed by atoms with Gasteiger partial charge in [0.25, 0.3) is 0 Å². The second-order valence-electron chi connectivity index (χ2n) is 5.56. The zero-order valence-corrected chi connectivity index (χ0v) is 13.5. The van der Waals surface area contributed by atoms with Crippen LogP contribution in [0.1, 0.15) is 24.2 Å². The second kappa shape index (κ2) is 6.62. The van der Waals surface area contributed by atoms with Gasteiger partial charge in [-0.15, -0.1) is 0 Å². The van der Waals surface area contributed by atoms with Gasteiger partial charge in [-0.3, -0.25) is 9.59 Å². The highest BCUT2D eigenvalue weighted by atomic mass is 16.7. The van der Waals surface area contributed by atoms with E-state index in [1.807, 2.05) is 6.07 Å².